The van der Waals surface area contributed by atoms with Crippen molar-refractivity contribution in [1.82, 2.24) is 3.97 Å². The number of fused-ring (bicyclic) bond motifs is 1. The molecular formula is C30H24F2N2O4S2. The summed E-state index contributed by atoms with van der Waals surface area (Å²) in [5.41, 5.74) is 1.25. The molecule has 204 valence electrons. The molecule has 10 heteroatoms. The number of ether oxygens (including phenoxy) is 2. The molecule has 0 saturated carbocycles. The average Bonchev–Trinajstić information content (AvgIpc) is 3.39. The van der Waals surface area contributed by atoms with E-state index in [0.29, 0.717) is 27.3 Å². The van der Waals surface area contributed by atoms with E-state index >= 15 is 4.39 Å². The van der Waals surface area contributed by atoms with Gasteiger partial charge in [-0.3, -0.25) is 0 Å². The van der Waals surface area contributed by atoms with Gasteiger partial charge in [-0.15, -0.1) is 11.8 Å². The standard InChI is InChI=1S/C30H24F2N2O4S2/c1-30(13-11-26(17-29(30)32)39-19-20-3-5-23(37-2)6-4-20)40(35,36)34-14-12-21-15-25(8-10-28(21)34)38-24-7-9-27(31)22(16-24)18-33/h3-12,14-17H,13,19H2,1-2H3. The van der Waals surface area contributed by atoms with E-state index in [-0.39, 0.29) is 17.7 Å². The second-order valence-electron chi connectivity index (χ2n) is 9.36. The molecule has 0 N–H and O–H groups in total. The highest BCUT2D eigenvalue weighted by molar-refractivity contribution is 8.02. The van der Waals surface area contributed by atoms with Crippen LogP contribution >= 0.6 is 11.8 Å². The van der Waals surface area contributed by atoms with E-state index in [1.807, 2.05) is 24.3 Å². The van der Waals surface area contributed by atoms with Crippen molar-refractivity contribution in [3.05, 3.63) is 113 Å². The van der Waals surface area contributed by atoms with Crippen LogP contribution in [0.15, 0.2) is 95.8 Å². The summed E-state index contributed by atoms with van der Waals surface area (Å²) in [6.07, 6.45) is 4.43. The number of benzene rings is 3. The van der Waals surface area contributed by atoms with Crippen molar-refractivity contribution in [3.8, 4) is 23.3 Å². The molecule has 0 fully saturated rings. The van der Waals surface area contributed by atoms with Gasteiger partial charge in [-0.1, -0.05) is 18.2 Å². The Bertz CT molecular complexity index is 1810. The van der Waals surface area contributed by atoms with Gasteiger partial charge in [-0.05, 0) is 73.5 Å². The highest BCUT2D eigenvalue weighted by Gasteiger charge is 2.46. The number of rotatable bonds is 8. The maximum Gasteiger partial charge on any atom is 0.251 e. The molecular weight excluding hydrogens is 554 g/mol. The molecule has 0 spiro atoms. The first-order valence-electron chi connectivity index (χ1n) is 12.2. The average molecular weight is 579 g/mol. The maximum atomic E-state index is 15.5. The third-order valence-corrected chi connectivity index (χ3v) is 10.2. The van der Waals surface area contributed by atoms with Crippen molar-refractivity contribution >= 4 is 32.7 Å². The number of nitriles is 1. The molecule has 0 bridgehead atoms. The number of allylic oxidation sites excluding steroid dienone is 2. The van der Waals surface area contributed by atoms with Crippen LogP contribution in [0.5, 0.6) is 17.2 Å². The minimum atomic E-state index is -4.19. The lowest BCUT2D eigenvalue weighted by molar-refractivity contribution is 0.414. The van der Waals surface area contributed by atoms with Gasteiger partial charge in [0.15, 0.2) is 0 Å². The molecule has 0 saturated heterocycles. The van der Waals surface area contributed by atoms with E-state index in [1.54, 1.807) is 43.5 Å². The second kappa shape index (κ2) is 10.8. The fraction of sp³-hybridized carbons (Fsp3) is 0.167. The zero-order valence-electron chi connectivity index (χ0n) is 21.6. The highest BCUT2D eigenvalue weighted by Crippen LogP contribution is 2.41. The smallest absolute Gasteiger partial charge is 0.251 e. The Morgan fingerprint density at radius 3 is 2.42 bits per heavy atom. The van der Waals surface area contributed by atoms with E-state index in [9.17, 15) is 12.8 Å². The molecule has 1 atom stereocenters. The summed E-state index contributed by atoms with van der Waals surface area (Å²) >= 11 is 1.43. The Morgan fingerprint density at radius 2 is 1.73 bits per heavy atom. The van der Waals surface area contributed by atoms with Gasteiger partial charge in [0.05, 0.1) is 18.2 Å². The van der Waals surface area contributed by atoms with Crippen LogP contribution in [0.25, 0.3) is 10.9 Å². The Labute approximate surface area is 235 Å². The molecule has 1 unspecified atom stereocenters. The molecule has 0 radical (unpaired) electrons. The summed E-state index contributed by atoms with van der Waals surface area (Å²) < 4.78 is 66.9. The van der Waals surface area contributed by atoms with Crippen LogP contribution in [0.1, 0.15) is 24.5 Å². The van der Waals surface area contributed by atoms with Gasteiger partial charge in [0.1, 0.15) is 39.7 Å². The van der Waals surface area contributed by atoms with Gasteiger partial charge in [-0.2, -0.15) is 5.26 Å². The Kier molecular flexibility index (Phi) is 7.45. The van der Waals surface area contributed by atoms with E-state index < -0.39 is 26.4 Å². The lowest BCUT2D eigenvalue weighted by Crippen LogP contribution is -2.40. The Hall–Kier alpha value is -4.07. The molecule has 6 nitrogen and oxygen atoms in total. The summed E-state index contributed by atoms with van der Waals surface area (Å²) in [5.74, 6) is 0.613. The van der Waals surface area contributed by atoms with Crippen molar-refractivity contribution in [2.75, 3.05) is 7.11 Å². The summed E-state index contributed by atoms with van der Waals surface area (Å²) in [4.78, 5) is 0.667. The van der Waals surface area contributed by atoms with Gasteiger partial charge < -0.3 is 9.47 Å². The minimum absolute atomic E-state index is 0.0186. The molecule has 1 aromatic heterocycles. The number of aromatic nitrogens is 1. The SMILES string of the molecule is COc1ccc(CSC2=CCC(C)(S(=O)(=O)n3ccc4cc(Oc5ccc(F)c(C#N)c5)ccc43)C(F)=C2)cc1. The van der Waals surface area contributed by atoms with Crippen LogP contribution in [0.4, 0.5) is 8.78 Å². The van der Waals surface area contributed by atoms with Gasteiger partial charge in [0.2, 0.25) is 0 Å². The lowest BCUT2D eigenvalue weighted by atomic mass is 10.0. The molecule has 40 heavy (non-hydrogen) atoms. The largest absolute Gasteiger partial charge is 0.497 e. The number of thioether (sulfide) groups is 1. The van der Waals surface area contributed by atoms with Crippen molar-refractivity contribution in [2.45, 2.75) is 23.8 Å². The molecule has 0 aliphatic heterocycles. The molecule has 1 heterocycles. The summed E-state index contributed by atoms with van der Waals surface area (Å²) in [7, 11) is -2.59. The van der Waals surface area contributed by atoms with Crippen LogP contribution < -0.4 is 9.47 Å². The van der Waals surface area contributed by atoms with Crippen molar-refractivity contribution < 1.29 is 26.7 Å². The van der Waals surface area contributed by atoms with Crippen molar-refractivity contribution in [1.29, 1.82) is 5.26 Å². The summed E-state index contributed by atoms with van der Waals surface area (Å²) in [6.45, 7) is 1.39. The van der Waals surface area contributed by atoms with Crippen molar-refractivity contribution in [2.24, 2.45) is 0 Å². The zero-order chi connectivity index (χ0) is 28.5. The molecule has 4 aromatic rings. The fourth-order valence-corrected chi connectivity index (χ4v) is 6.92. The van der Waals surface area contributed by atoms with E-state index in [0.717, 1.165) is 21.4 Å². The second-order valence-corrected chi connectivity index (χ2v) is 12.7. The third-order valence-electron chi connectivity index (χ3n) is 6.78. The van der Waals surface area contributed by atoms with Crippen LogP contribution in [0, 0.1) is 17.1 Å². The topological polar surface area (TPSA) is 81.3 Å². The van der Waals surface area contributed by atoms with Crippen LogP contribution in [0.2, 0.25) is 0 Å². The third kappa shape index (κ3) is 5.10. The highest BCUT2D eigenvalue weighted by atomic mass is 32.2. The predicted octanol–water partition coefficient (Wildman–Crippen LogP) is 7.46. The van der Waals surface area contributed by atoms with E-state index in [1.165, 1.54) is 43.1 Å². The van der Waals surface area contributed by atoms with Crippen molar-refractivity contribution in [3.63, 3.8) is 0 Å². The van der Waals surface area contributed by atoms with Crippen LogP contribution in [-0.2, 0) is 15.8 Å². The van der Waals surface area contributed by atoms with Crippen LogP contribution in [0.3, 0.4) is 0 Å². The molecule has 3 aromatic carbocycles. The number of nitrogens with zero attached hydrogens (tertiary/aromatic N) is 2. The number of halogens is 2. The first kappa shape index (κ1) is 27.5. The molecule has 1 aliphatic carbocycles. The number of hydrogen-bond donors (Lipinski definition) is 0. The number of hydrogen-bond acceptors (Lipinski definition) is 6. The van der Waals surface area contributed by atoms with Gasteiger partial charge >= 0.3 is 0 Å². The quantitative estimate of drug-likeness (QED) is 0.216. The minimum Gasteiger partial charge on any atom is -0.497 e. The normalized spacial score (nSPS) is 17.2. The van der Waals surface area contributed by atoms with E-state index in [4.69, 9.17) is 14.7 Å². The monoisotopic (exact) mass is 578 g/mol. The van der Waals surface area contributed by atoms with E-state index in [2.05, 4.69) is 0 Å². The first-order valence-corrected chi connectivity index (χ1v) is 14.6. The lowest BCUT2D eigenvalue weighted by Gasteiger charge is -2.30. The van der Waals surface area contributed by atoms with Gasteiger partial charge in [-0.25, -0.2) is 21.2 Å². The summed E-state index contributed by atoms with van der Waals surface area (Å²) in [5, 5.41) is 9.59. The van der Waals surface area contributed by atoms with Crippen LogP contribution in [-0.4, -0.2) is 24.2 Å². The number of methoxy groups -OCH3 is 1. The van der Waals surface area contributed by atoms with Gasteiger partial charge in [0.25, 0.3) is 10.0 Å². The first-order chi connectivity index (χ1) is 19.1. The Balaban J connectivity index is 1.34. The molecule has 0 amide bonds. The van der Waals surface area contributed by atoms with Gasteiger partial charge in [0, 0.05) is 28.3 Å². The fourth-order valence-electron chi connectivity index (χ4n) is 4.32. The molecule has 1 aliphatic rings. The maximum absolute atomic E-state index is 15.5. The zero-order valence-corrected chi connectivity index (χ0v) is 23.2. The predicted molar refractivity (Wildman–Crippen MR) is 152 cm³/mol. The summed E-state index contributed by atoms with van der Waals surface area (Å²) in [6, 6.07) is 19.5. The molecule has 5 rings (SSSR count). The Morgan fingerprint density at radius 1 is 1.02 bits per heavy atom.